The molecule has 6 atom stereocenters. The second-order valence-electron chi connectivity index (χ2n) is 7.11. The molecule has 0 aromatic carbocycles. The van der Waals surface area contributed by atoms with Gasteiger partial charge in [-0.3, -0.25) is 0 Å². The van der Waals surface area contributed by atoms with Crippen molar-refractivity contribution in [1.82, 2.24) is 5.32 Å². The molecule has 0 radical (unpaired) electrons. The van der Waals surface area contributed by atoms with E-state index in [1.165, 1.54) is 6.42 Å². The molecule has 3 saturated carbocycles. The lowest BCUT2D eigenvalue weighted by atomic mass is 9.94. The van der Waals surface area contributed by atoms with Gasteiger partial charge in [-0.1, -0.05) is 6.08 Å². The van der Waals surface area contributed by atoms with Crippen LogP contribution in [0.3, 0.4) is 0 Å². The van der Waals surface area contributed by atoms with E-state index >= 15 is 0 Å². The first-order valence-corrected chi connectivity index (χ1v) is 8.39. The van der Waals surface area contributed by atoms with Gasteiger partial charge < -0.3 is 15.2 Å². The lowest BCUT2D eigenvalue weighted by molar-refractivity contribution is -0.140. The van der Waals surface area contributed by atoms with Gasteiger partial charge in [0, 0.05) is 0 Å². The summed E-state index contributed by atoms with van der Waals surface area (Å²) in [5.41, 5.74) is 0. The van der Waals surface area contributed by atoms with E-state index in [-0.39, 0.29) is 12.0 Å². The number of rotatable bonds is 8. The number of hydrogen-bond acceptors (Lipinski definition) is 3. The summed E-state index contributed by atoms with van der Waals surface area (Å²) in [6.07, 6.45) is 8.38. The molecule has 5 heteroatoms. The molecule has 0 aromatic heterocycles. The van der Waals surface area contributed by atoms with E-state index in [4.69, 9.17) is 4.74 Å². The molecule has 0 spiro atoms. The fourth-order valence-electron chi connectivity index (χ4n) is 3.91. The van der Waals surface area contributed by atoms with E-state index in [1.807, 2.05) is 6.08 Å². The number of allylic oxidation sites excluding steroid dienone is 1. The number of carboxylic acids is 1. The van der Waals surface area contributed by atoms with Crippen molar-refractivity contribution < 1.29 is 19.4 Å². The largest absolute Gasteiger partial charge is 0.480 e. The van der Waals surface area contributed by atoms with Crippen molar-refractivity contribution in [2.24, 2.45) is 23.7 Å². The SMILES string of the molecule is C=CCCC[C@@H]1C[C@H]1OC(=O)N[C@H](C(=O)O)[C@@H]1C[C@H]2C[C@H]2C1. The molecule has 1 amide bonds. The number of ether oxygens (including phenoxy) is 1. The monoisotopic (exact) mass is 307 g/mol. The summed E-state index contributed by atoms with van der Waals surface area (Å²) in [5.74, 6) is 0.954. The van der Waals surface area contributed by atoms with Crippen LogP contribution < -0.4 is 5.32 Å². The minimum absolute atomic E-state index is 0.0313. The van der Waals surface area contributed by atoms with Crippen LogP contribution in [-0.2, 0) is 9.53 Å². The molecule has 5 nitrogen and oxygen atoms in total. The third-order valence-corrected chi connectivity index (χ3v) is 5.39. The average Bonchev–Trinajstić information content (AvgIpc) is 3.35. The summed E-state index contributed by atoms with van der Waals surface area (Å²) in [6.45, 7) is 3.69. The highest BCUT2D eigenvalue weighted by Gasteiger charge is 2.50. The molecule has 22 heavy (non-hydrogen) atoms. The number of alkyl carbamates (subject to hydrolysis) is 1. The first-order chi connectivity index (χ1) is 10.6. The Morgan fingerprint density at radius 1 is 1.27 bits per heavy atom. The normalized spacial score (nSPS) is 36.1. The van der Waals surface area contributed by atoms with Gasteiger partial charge in [0.1, 0.15) is 12.1 Å². The van der Waals surface area contributed by atoms with Crippen molar-refractivity contribution in [3.63, 3.8) is 0 Å². The van der Waals surface area contributed by atoms with Crippen molar-refractivity contribution in [3.05, 3.63) is 12.7 Å². The lowest BCUT2D eigenvalue weighted by Gasteiger charge is -2.21. The quantitative estimate of drug-likeness (QED) is 0.534. The number of fused-ring (bicyclic) bond motifs is 1. The summed E-state index contributed by atoms with van der Waals surface area (Å²) in [6, 6.07) is -0.793. The summed E-state index contributed by atoms with van der Waals surface area (Å²) >= 11 is 0. The maximum atomic E-state index is 11.9. The van der Waals surface area contributed by atoms with Crippen LogP contribution in [0.15, 0.2) is 12.7 Å². The highest BCUT2D eigenvalue weighted by Crippen LogP contribution is 2.55. The number of hydrogen-bond donors (Lipinski definition) is 2. The van der Waals surface area contributed by atoms with Crippen LogP contribution in [0.2, 0.25) is 0 Å². The van der Waals surface area contributed by atoms with Gasteiger partial charge in [0.15, 0.2) is 0 Å². The van der Waals surface area contributed by atoms with Crippen LogP contribution >= 0.6 is 0 Å². The third kappa shape index (κ3) is 3.62. The summed E-state index contributed by atoms with van der Waals surface area (Å²) in [7, 11) is 0. The molecule has 3 aliphatic rings. The van der Waals surface area contributed by atoms with E-state index in [0.29, 0.717) is 17.8 Å². The summed E-state index contributed by atoms with van der Waals surface area (Å²) in [4.78, 5) is 23.3. The lowest BCUT2D eigenvalue weighted by Crippen LogP contribution is -2.46. The van der Waals surface area contributed by atoms with Crippen molar-refractivity contribution in [1.29, 1.82) is 0 Å². The number of carboxylic acid groups (broad SMARTS) is 1. The molecular formula is C17H25NO4. The van der Waals surface area contributed by atoms with Crippen LogP contribution in [0.4, 0.5) is 4.79 Å². The maximum absolute atomic E-state index is 11.9. The fraction of sp³-hybridized carbons (Fsp3) is 0.765. The van der Waals surface area contributed by atoms with E-state index in [9.17, 15) is 14.7 Å². The standard InChI is InChI=1S/C17H25NO4/c1-2-3-4-5-10-9-14(10)22-17(21)18-15(16(19)20)13-7-11-6-12(11)8-13/h2,10-15H,1,3-9H2,(H,18,21)(H,19,20)/t10-,11-,12+,13-,14-,15+/m1/s1. The van der Waals surface area contributed by atoms with Gasteiger partial charge in [-0.15, -0.1) is 6.58 Å². The van der Waals surface area contributed by atoms with Crippen LogP contribution in [0.25, 0.3) is 0 Å². The predicted molar refractivity (Wildman–Crippen MR) is 81.3 cm³/mol. The summed E-state index contributed by atoms with van der Waals surface area (Å²) < 4.78 is 5.34. The Labute approximate surface area is 131 Å². The van der Waals surface area contributed by atoms with Crippen LogP contribution in [0.5, 0.6) is 0 Å². The van der Waals surface area contributed by atoms with Crippen molar-refractivity contribution in [3.8, 4) is 0 Å². The number of carbonyl (C=O) groups excluding carboxylic acids is 1. The Morgan fingerprint density at radius 2 is 2.00 bits per heavy atom. The zero-order valence-corrected chi connectivity index (χ0v) is 12.9. The van der Waals surface area contributed by atoms with Gasteiger partial charge in [-0.2, -0.15) is 0 Å². The number of carbonyl (C=O) groups is 2. The van der Waals surface area contributed by atoms with Crippen molar-refractivity contribution in [2.45, 2.75) is 57.1 Å². The Morgan fingerprint density at radius 3 is 2.64 bits per heavy atom. The summed E-state index contributed by atoms with van der Waals surface area (Å²) in [5, 5.41) is 11.9. The molecule has 122 valence electrons. The molecule has 0 unspecified atom stereocenters. The maximum Gasteiger partial charge on any atom is 0.408 e. The molecule has 0 saturated heterocycles. The van der Waals surface area contributed by atoms with Crippen LogP contribution in [0, 0.1) is 23.7 Å². The van der Waals surface area contributed by atoms with Gasteiger partial charge in [0.25, 0.3) is 0 Å². The molecule has 3 aliphatic carbocycles. The van der Waals surface area contributed by atoms with E-state index < -0.39 is 18.1 Å². The first kappa shape index (κ1) is 15.4. The zero-order valence-electron chi connectivity index (χ0n) is 12.9. The Kier molecular flexibility index (Phi) is 4.41. The van der Waals surface area contributed by atoms with E-state index in [2.05, 4.69) is 11.9 Å². The van der Waals surface area contributed by atoms with E-state index in [0.717, 1.165) is 38.5 Å². The first-order valence-electron chi connectivity index (χ1n) is 8.39. The third-order valence-electron chi connectivity index (χ3n) is 5.39. The highest BCUT2D eigenvalue weighted by molar-refractivity contribution is 5.80. The second kappa shape index (κ2) is 6.31. The minimum atomic E-state index is -0.943. The molecule has 3 rings (SSSR count). The number of aliphatic carboxylic acids is 1. The molecule has 0 aromatic rings. The fourth-order valence-corrected chi connectivity index (χ4v) is 3.91. The average molecular weight is 307 g/mol. The van der Waals surface area contributed by atoms with Crippen molar-refractivity contribution in [2.75, 3.05) is 0 Å². The predicted octanol–water partition coefficient (Wildman–Crippen LogP) is 2.96. The zero-order chi connectivity index (χ0) is 15.7. The molecular weight excluding hydrogens is 282 g/mol. The van der Waals surface area contributed by atoms with Gasteiger partial charge >= 0.3 is 12.1 Å². The van der Waals surface area contributed by atoms with E-state index in [1.54, 1.807) is 0 Å². The molecule has 3 fully saturated rings. The number of nitrogens with one attached hydrogen (secondary N) is 1. The smallest absolute Gasteiger partial charge is 0.408 e. The highest BCUT2D eigenvalue weighted by atomic mass is 16.6. The Hall–Kier alpha value is -1.52. The minimum Gasteiger partial charge on any atom is -0.480 e. The molecule has 0 aliphatic heterocycles. The van der Waals surface area contributed by atoms with Crippen molar-refractivity contribution >= 4 is 12.1 Å². The number of amides is 1. The Bertz CT molecular complexity index is 454. The number of unbranched alkanes of at least 4 members (excludes halogenated alkanes) is 1. The van der Waals surface area contributed by atoms with Gasteiger partial charge in [-0.05, 0) is 68.6 Å². The van der Waals surface area contributed by atoms with Crippen LogP contribution in [-0.4, -0.2) is 29.3 Å². The van der Waals surface area contributed by atoms with Gasteiger partial charge in [0.05, 0.1) is 0 Å². The Balaban J connectivity index is 1.40. The van der Waals surface area contributed by atoms with Crippen LogP contribution in [0.1, 0.15) is 44.9 Å². The topological polar surface area (TPSA) is 75.6 Å². The van der Waals surface area contributed by atoms with Gasteiger partial charge in [0.2, 0.25) is 0 Å². The molecule has 2 N–H and O–H groups in total. The molecule has 0 heterocycles. The molecule has 0 bridgehead atoms. The van der Waals surface area contributed by atoms with Gasteiger partial charge in [-0.25, -0.2) is 9.59 Å². The second-order valence-corrected chi connectivity index (χ2v) is 7.11.